The summed E-state index contributed by atoms with van der Waals surface area (Å²) in [4.78, 5) is 25.0. The van der Waals surface area contributed by atoms with Gasteiger partial charge in [-0.2, -0.15) is 0 Å². The molecule has 0 saturated carbocycles. The molecule has 1 aromatic carbocycles. The predicted molar refractivity (Wildman–Crippen MR) is 81.8 cm³/mol. The molecule has 2 unspecified atom stereocenters. The Labute approximate surface area is 128 Å². The van der Waals surface area contributed by atoms with E-state index in [1.54, 1.807) is 23.1 Å². The van der Waals surface area contributed by atoms with E-state index in [0.29, 0.717) is 24.6 Å². The van der Waals surface area contributed by atoms with Crippen LogP contribution in [0.25, 0.3) is 0 Å². The second-order valence-corrected chi connectivity index (χ2v) is 5.75. The Morgan fingerprint density at radius 3 is 2.76 bits per heavy atom. The van der Waals surface area contributed by atoms with Crippen LogP contribution < -0.4 is 10.6 Å². The van der Waals surface area contributed by atoms with Gasteiger partial charge in [0.1, 0.15) is 6.04 Å². The molecule has 6 heteroatoms. The number of carboxylic acid groups (broad SMARTS) is 1. The number of nitrogens with two attached hydrogens (primary N) is 1. The van der Waals surface area contributed by atoms with Crippen molar-refractivity contribution in [3.63, 3.8) is 0 Å². The number of rotatable bonds is 4. The van der Waals surface area contributed by atoms with Crippen molar-refractivity contribution in [2.45, 2.75) is 32.2 Å². The lowest BCUT2D eigenvalue weighted by Crippen LogP contribution is -2.48. The van der Waals surface area contributed by atoms with Crippen LogP contribution in [0.4, 0.5) is 5.69 Å². The molecule has 1 aliphatic heterocycles. The number of carboxylic acids is 1. The maximum atomic E-state index is 11.6. The van der Waals surface area contributed by atoms with Gasteiger partial charge in [0, 0.05) is 6.54 Å². The van der Waals surface area contributed by atoms with E-state index in [1.165, 1.54) is 0 Å². The first-order valence-corrected chi connectivity index (χ1v) is 7.41. The lowest BCUT2D eigenvalue weighted by molar-refractivity contribution is -0.139. The van der Waals surface area contributed by atoms with Crippen LogP contribution in [0.3, 0.4) is 0 Å². The van der Waals surface area contributed by atoms with E-state index in [9.17, 15) is 14.7 Å². The number of carbonyl (C=O) groups excluding carboxylic acids is 1. The summed E-state index contributed by atoms with van der Waals surface area (Å²) in [6.45, 7) is 2.64. The molecule has 3 N–H and O–H groups in total. The second-order valence-electron chi connectivity index (χ2n) is 5.34. The lowest BCUT2D eigenvalue weighted by Gasteiger charge is -2.39. The maximum Gasteiger partial charge on any atom is 0.326 e. The fraction of sp³-hybridized carbons (Fsp3) is 0.467. The molecule has 21 heavy (non-hydrogen) atoms. The number of amides is 1. The van der Waals surface area contributed by atoms with Crippen molar-refractivity contribution in [2.24, 2.45) is 11.7 Å². The number of primary amides is 1. The van der Waals surface area contributed by atoms with E-state index in [1.807, 2.05) is 0 Å². The first kappa shape index (κ1) is 15.6. The number of benzene rings is 1. The number of hydrogen-bond acceptors (Lipinski definition) is 3. The first-order chi connectivity index (χ1) is 9.95. The molecule has 1 fully saturated rings. The minimum atomic E-state index is -0.886. The van der Waals surface area contributed by atoms with Crippen LogP contribution in [-0.2, 0) is 4.79 Å². The molecule has 1 saturated heterocycles. The van der Waals surface area contributed by atoms with Gasteiger partial charge in [-0.25, -0.2) is 4.79 Å². The van der Waals surface area contributed by atoms with Gasteiger partial charge in [-0.1, -0.05) is 31.0 Å². The van der Waals surface area contributed by atoms with Crippen LogP contribution in [-0.4, -0.2) is 29.6 Å². The summed E-state index contributed by atoms with van der Waals surface area (Å²) in [5.74, 6) is -1.14. The van der Waals surface area contributed by atoms with Gasteiger partial charge in [0.25, 0.3) is 5.91 Å². The maximum absolute atomic E-state index is 11.6. The molecule has 1 amide bonds. The number of aliphatic carboxylic acids is 1. The third kappa shape index (κ3) is 3.13. The average Bonchev–Trinajstić information content (AvgIpc) is 2.45. The van der Waals surface area contributed by atoms with Crippen LogP contribution in [0.1, 0.15) is 36.5 Å². The van der Waals surface area contributed by atoms with E-state index < -0.39 is 17.9 Å². The quantitative estimate of drug-likeness (QED) is 0.895. The fourth-order valence-corrected chi connectivity index (χ4v) is 3.19. The van der Waals surface area contributed by atoms with Crippen molar-refractivity contribution < 1.29 is 14.7 Å². The Kier molecular flexibility index (Phi) is 4.73. The normalized spacial score (nSPS) is 22.1. The Bertz CT molecular complexity index is 562. The van der Waals surface area contributed by atoms with Gasteiger partial charge in [-0.15, -0.1) is 0 Å². The van der Waals surface area contributed by atoms with Crippen LogP contribution in [0.15, 0.2) is 18.2 Å². The molecule has 5 nitrogen and oxygen atoms in total. The molecule has 0 aromatic heterocycles. The van der Waals surface area contributed by atoms with Gasteiger partial charge in [-0.3, -0.25) is 4.79 Å². The fourth-order valence-electron chi connectivity index (χ4n) is 2.93. The summed E-state index contributed by atoms with van der Waals surface area (Å²) in [5.41, 5.74) is 6.11. The van der Waals surface area contributed by atoms with E-state index in [4.69, 9.17) is 17.3 Å². The SMILES string of the molecule is CCC1CCN(c2cccc(Cl)c2C(N)=O)C(C(=O)O)C1. The Morgan fingerprint density at radius 2 is 2.19 bits per heavy atom. The number of carbonyl (C=O) groups is 2. The topological polar surface area (TPSA) is 83.6 Å². The summed E-state index contributed by atoms with van der Waals surface area (Å²) in [6.07, 6.45) is 2.41. The molecule has 2 atom stereocenters. The largest absolute Gasteiger partial charge is 0.480 e. The second kappa shape index (κ2) is 6.35. The first-order valence-electron chi connectivity index (χ1n) is 7.03. The van der Waals surface area contributed by atoms with Gasteiger partial charge < -0.3 is 15.7 Å². The molecule has 0 aliphatic carbocycles. The molecular formula is C15H19ClN2O3. The third-order valence-electron chi connectivity index (χ3n) is 4.12. The van der Waals surface area contributed by atoms with Crippen molar-refractivity contribution in [1.82, 2.24) is 0 Å². The number of anilines is 1. The molecule has 1 heterocycles. The predicted octanol–water partition coefficient (Wildman–Crippen LogP) is 2.52. The van der Waals surface area contributed by atoms with E-state index >= 15 is 0 Å². The van der Waals surface area contributed by atoms with Gasteiger partial charge >= 0.3 is 5.97 Å². The monoisotopic (exact) mass is 310 g/mol. The summed E-state index contributed by atoms with van der Waals surface area (Å²) in [7, 11) is 0. The van der Waals surface area contributed by atoms with E-state index in [-0.39, 0.29) is 10.6 Å². The molecule has 0 bridgehead atoms. The molecule has 114 valence electrons. The van der Waals surface area contributed by atoms with Crippen LogP contribution in [0, 0.1) is 5.92 Å². The summed E-state index contributed by atoms with van der Waals surface area (Å²) in [5, 5.41) is 9.74. The van der Waals surface area contributed by atoms with Gasteiger partial charge in [0.05, 0.1) is 16.3 Å². The van der Waals surface area contributed by atoms with Crippen molar-refractivity contribution in [1.29, 1.82) is 0 Å². The Hall–Kier alpha value is -1.75. The van der Waals surface area contributed by atoms with E-state index in [2.05, 4.69) is 6.92 Å². The van der Waals surface area contributed by atoms with Crippen molar-refractivity contribution in [3.8, 4) is 0 Å². The zero-order valence-electron chi connectivity index (χ0n) is 11.9. The minimum Gasteiger partial charge on any atom is -0.480 e. The van der Waals surface area contributed by atoms with Crippen LogP contribution in [0.2, 0.25) is 5.02 Å². The molecule has 0 spiro atoms. The zero-order valence-corrected chi connectivity index (χ0v) is 12.6. The molecule has 0 radical (unpaired) electrons. The minimum absolute atomic E-state index is 0.195. The number of hydrogen-bond donors (Lipinski definition) is 2. The highest BCUT2D eigenvalue weighted by Gasteiger charge is 2.34. The van der Waals surface area contributed by atoms with Crippen LogP contribution >= 0.6 is 11.6 Å². The highest BCUT2D eigenvalue weighted by Crippen LogP contribution is 2.34. The standard InChI is InChI=1S/C15H19ClN2O3/c1-2-9-6-7-18(12(8-9)15(20)21)11-5-3-4-10(16)13(11)14(17)19/h3-5,9,12H,2,6-8H2,1H3,(H2,17,19)(H,20,21). The zero-order chi connectivity index (χ0) is 15.6. The third-order valence-corrected chi connectivity index (χ3v) is 4.44. The number of halogens is 1. The van der Waals surface area contributed by atoms with Crippen molar-refractivity contribution >= 4 is 29.2 Å². The van der Waals surface area contributed by atoms with Gasteiger partial charge in [0.15, 0.2) is 0 Å². The molecule has 2 rings (SSSR count). The number of nitrogens with zero attached hydrogens (tertiary/aromatic N) is 1. The van der Waals surface area contributed by atoms with Crippen LogP contribution in [0.5, 0.6) is 0 Å². The molecule has 1 aliphatic rings. The molecule has 1 aromatic rings. The summed E-state index contributed by atoms with van der Waals surface area (Å²) < 4.78 is 0. The summed E-state index contributed by atoms with van der Waals surface area (Å²) in [6, 6.07) is 4.34. The van der Waals surface area contributed by atoms with Crippen molar-refractivity contribution in [2.75, 3.05) is 11.4 Å². The highest BCUT2D eigenvalue weighted by molar-refractivity contribution is 6.34. The Morgan fingerprint density at radius 1 is 1.48 bits per heavy atom. The van der Waals surface area contributed by atoms with E-state index in [0.717, 1.165) is 12.8 Å². The highest BCUT2D eigenvalue weighted by atomic mass is 35.5. The lowest BCUT2D eigenvalue weighted by atomic mass is 9.88. The average molecular weight is 311 g/mol. The molecular weight excluding hydrogens is 292 g/mol. The van der Waals surface area contributed by atoms with Crippen molar-refractivity contribution in [3.05, 3.63) is 28.8 Å². The Balaban J connectivity index is 2.42. The summed E-state index contributed by atoms with van der Waals surface area (Å²) >= 11 is 6.05. The van der Waals surface area contributed by atoms with Gasteiger partial charge in [-0.05, 0) is 30.9 Å². The number of piperidine rings is 1. The van der Waals surface area contributed by atoms with Gasteiger partial charge in [0.2, 0.25) is 0 Å². The smallest absolute Gasteiger partial charge is 0.326 e.